The van der Waals surface area contributed by atoms with Crippen LogP contribution in [-0.4, -0.2) is 61.1 Å². The monoisotopic (exact) mass is 712 g/mol. The minimum absolute atomic E-state index is 0.00829. The number of hydrogen-bond donors (Lipinski definition) is 4. The van der Waals surface area contributed by atoms with Gasteiger partial charge in [-0.1, -0.05) is 96.0 Å². The fourth-order valence-electron chi connectivity index (χ4n) is 13.3. The van der Waals surface area contributed by atoms with Crippen LogP contribution in [0.2, 0.25) is 0 Å². The maximum atomic E-state index is 15.4. The first-order valence-electron chi connectivity index (χ1n) is 19.5. The van der Waals surface area contributed by atoms with Gasteiger partial charge in [0.25, 0.3) is 0 Å². The average molecular weight is 713 g/mol. The number of Topliss-reactive ketones (excluding diaryl/α,β-unsaturated/α-hetero) is 3. The number of allylic oxidation sites excluding steroid dienone is 1. The summed E-state index contributed by atoms with van der Waals surface area (Å²) in [6, 6.07) is 9.85. The van der Waals surface area contributed by atoms with Crippen molar-refractivity contribution < 1.29 is 39.6 Å². The third-order valence-electron chi connectivity index (χ3n) is 15.8. The summed E-state index contributed by atoms with van der Waals surface area (Å²) < 4.78 is 0. The van der Waals surface area contributed by atoms with Crippen LogP contribution >= 0.6 is 0 Å². The van der Waals surface area contributed by atoms with Gasteiger partial charge in [-0.05, 0) is 85.3 Å². The van der Waals surface area contributed by atoms with Gasteiger partial charge in [0, 0.05) is 40.6 Å². The Morgan fingerprint density at radius 1 is 0.981 bits per heavy atom. The maximum Gasteiger partial charge on any atom is 0.313 e. The van der Waals surface area contributed by atoms with Crippen molar-refractivity contribution in [2.24, 2.45) is 57.2 Å². The van der Waals surface area contributed by atoms with Crippen LogP contribution in [0.15, 0.2) is 59.7 Å². The molecular formula is C44H56O8. The van der Waals surface area contributed by atoms with Crippen LogP contribution < -0.4 is 0 Å². The lowest BCUT2D eigenvalue weighted by molar-refractivity contribution is -0.169. The van der Waals surface area contributed by atoms with Gasteiger partial charge >= 0.3 is 5.97 Å². The van der Waals surface area contributed by atoms with Crippen LogP contribution in [-0.2, 0) is 19.2 Å². The summed E-state index contributed by atoms with van der Waals surface area (Å²) in [6.45, 7) is 11.3. The number of fused-ring (bicyclic) bond motifs is 2. The lowest BCUT2D eigenvalue weighted by Gasteiger charge is -2.69. The summed E-state index contributed by atoms with van der Waals surface area (Å²) >= 11 is 0. The Bertz CT molecular complexity index is 1780. The number of aliphatic hydroxyl groups excluding tert-OH is 1. The first kappa shape index (κ1) is 37.1. The molecule has 6 aliphatic carbocycles. The van der Waals surface area contributed by atoms with E-state index in [0.29, 0.717) is 24.0 Å². The predicted molar refractivity (Wildman–Crippen MR) is 196 cm³/mol. The first-order chi connectivity index (χ1) is 24.3. The van der Waals surface area contributed by atoms with E-state index in [0.717, 1.165) is 31.2 Å². The summed E-state index contributed by atoms with van der Waals surface area (Å²) in [4.78, 5) is 53.8. The van der Waals surface area contributed by atoms with Gasteiger partial charge in [0.1, 0.15) is 23.4 Å². The number of aliphatic hydroxyl groups is 3. The normalized spacial score (nSPS) is 41.1. The number of ketones is 3. The van der Waals surface area contributed by atoms with E-state index in [2.05, 4.69) is 13.8 Å². The molecule has 52 heavy (non-hydrogen) atoms. The van der Waals surface area contributed by atoms with Crippen molar-refractivity contribution in [1.82, 2.24) is 0 Å². The van der Waals surface area contributed by atoms with Gasteiger partial charge in [-0.3, -0.25) is 19.2 Å². The fourth-order valence-corrected chi connectivity index (χ4v) is 13.3. The Kier molecular flexibility index (Phi) is 8.68. The molecule has 0 radical (unpaired) electrons. The highest BCUT2D eigenvalue weighted by molar-refractivity contribution is 6.02. The van der Waals surface area contributed by atoms with Crippen molar-refractivity contribution in [3.63, 3.8) is 0 Å². The molecule has 0 spiro atoms. The molecule has 3 saturated carbocycles. The lowest BCUT2D eigenvalue weighted by atomic mass is 9.35. The molecule has 0 saturated heterocycles. The quantitative estimate of drug-likeness (QED) is 0.167. The largest absolute Gasteiger partial charge is 0.481 e. The molecule has 0 aliphatic heterocycles. The summed E-state index contributed by atoms with van der Waals surface area (Å²) in [5.41, 5.74) is -4.46. The summed E-state index contributed by atoms with van der Waals surface area (Å²) in [5, 5.41) is 47.4. The number of carboxylic acid groups (broad SMARTS) is 1. The molecule has 0 heterocycles. The zero-order valence-corrected chi connectivity index (χ0v) is 31.5. The maximum absolute atomic E-state index is 15.4. The Hall–Kier alpha value is -3.20. The van der Waals surface area contributed by atoms with Crippen LogP contribution in [0.5, 0.6) is 0 Å². The number of carboxylic acids is 1. The highest BCUT2D eigenvalue weighted by atomic mass is 16.4. The van der Waals surface area contributed by atoms with E-state index in [1.54, 1.807) is 12.2 Å². The van der Waals surface area contributed by atoms with Crippen molar-refractivity contribution in [1.29, 1.82) is 0 Å². The van der Waals surface area contributed by atoms with Gasteiger partial charge in [0.15, 0.2) is 11.6 Å². The molecule has 7 rings (SSSR count). The number of rotatable bonds is 9. The molecule has 280 valence electrons. The number of hydrogen-bond acceptors (Lipinski definition) is 7. The van der Waals surface area contributed by atoms with E-state index in [-0.39, 0.29) is 48.6 Å². The Morgan fingerprint density at radius 3 is 2.27 bits per heavy atom. The van der Waals surface area contributed by atoms with Crippen molar-refractivity contribution in [2.45, 2.75) is 117 Å². The zero-order valence-electron chi connectivity index (χ0n) is 31.5. The van der Waals surface area contributed by atoms with Gasteiger partial charge in [0.2, 0.25) is 0 Å². The average Bonchev–Trinajstić information content (AvgIpc) is 3.71. The van der Waals surface area contributed by atoms with E-state index in [1.165, 1.54) is 6.92 Å². The highest BCUT2D eigenvalue weighted by Gasteiger charge is 2.80. The number of carbonyl (C=O) groups is 4. The van der Waals surface area contributed by atoms with E-state index < -0.39 is 68.5 Å². The number of benzene rings is 1. The third kappa shape index (κ3) is 4.75. The second-order valence-corrected chi connectivity index (χ2v) is 18.4. The molecule has 1 aromatic rings. The van der Waals surface area contributed by atoms with Crippen molar-refractivity contribution >= 4 is 29.4 Å². The molecule has 0 unspecified atom stereocenters. The lowest BCUT2D eigenvalue weighted by Crippen LogP contribution is -2.70. The summed E-state index contributed by atoms with van der Waals surface area (Å²) in [7, 11) is 0. The zero-order chi connectivity index (χ0) is 37.8. The molecule has 0 amide bonds. The molecule has 1 aromatic carbocycles. The standard InChI is InChI=1S/C44H56O8/c1-25(22-31(45)35(48)26(2)38(49)50)30-23-42(51)20-21-44(52)29(17-16-27-12-8-7-9-13-27)36-39(3,4)33(47)18-19-40(36,5)34-32(46)24-43(30,28-14-10-11-15-28)41(42,6)37(34)44/h7-9,12-13,16-17,20-21,25-26,28-31,36,45,51-52H,10-11,14-15,18-19,22-24H2,1-6H3,(H,49,50)/t25-,26-,29-,30+,31+,36+,40-,41-,42-,43+,44+/m1/s1. The number of carbonyl (C=O) groups excluding carboxylic acids is 3. The Morgan fingerprint density at radius 2 is 1.63 bits per heavy atom. The molecule has 0 bridgehead atoms. The van der Waals surface area contributed by atoms with E-state index in [4.69, 9.17) is 0 Å². The minimum Gasteiger partial charge on any atom is -0.481 e. The van der Waals surface area contributed by atoms with Crippen molar-refractivity contribution in [3.05, 3.63) is 65.3 Å². The topological polar surface area (TPSA) is 149 Å². The molecule has 0 aromatic heterocycles. The fraction of sp³-hybridized carbons (Fsp3) is 0.636. The highest BCUT2D eigenvalue weighted by Crippen LogP contribution is 2.80. The SMILES string of the molecule is C[C@@H](C(=O)O)C(=O)[C@@H](O)C[C@@H](C)[C@@H]1C[C@]2(O)C=C[C@@]3(O)C4=C(C(=O)C[C@@]1(C1CCCC1)[C@]42C)[C@@]1(C)CCC(=O)C(C)(C)[C@@H]1[C@H]3C=Cc1ccccc1. The summed E-state index contributed by atoms with van der Waals surface area (Å²) in [5.74, 6) is -4.92. The molecule has 8 heteroatoms. The Balaban J connectivity index is 1.46. The van der Waals surface area contributed by atoms with Gasteiger partial charge in [-0.2, -0.15) is 0 Å². The van der Waals surface area contributed by atoms with Crippen LogP contribution in [0.1, 0.15) is 105 Å². The smallest absolute Gasteiger partial charge is 0.313 e. The van der Waals surface area contributed by atoms with Crippen molar-refractivity contribution in [3.8, 4) is 0 Å². The van der Waals surface area contributed by atoms with Crippen molar-refractivity contribution in [2.75, 3.05) is 0 Å². The second kappa shape index (κ2) is 12.2. The number of aliphatic carboxylic acids is 1. The first-order valence-corrected chi connectivity index (χ1v) is 19.5. The molecule has 8 nitrogen and oxygen atoms in total. The molecule has 11 atom stereocenters. The second-order valence-electron chi connectivity index (χ2n) is 18.4. The van der Waals surface area contributed by atoms with Crippen LogP contribution in [0.4, 0.5) is 0 Å². The van der Waals surface area contributed by atoms with Gasteiger partial charge in [-0.15, -0.1) is 0 Å². The van der Waals surface area contributed by atoms with Crippen LogP contribution in [0.3, 0.4) is 0 Å². The Labute approximate surface area is 307 Å². The van der Waals surface area contributed by atoms with Gasteiger partial charge in [-0.25, -0.2) is 0 Å². The van der Waals surface area contributed by atoms with Crippen LogP contribution in [0.25, 0.3) is 6.08 Å². The van der Waals surface area contributed by atoms with E-state index >= 15 is 4.79 Å². The van der Waals surface area contributed by atoms with Gasteiger partial charge in [0.05, 0.1) is 5.60 Å². The third-order valence-corrected chi connectivity index (χ3v) is 15.8. The molecule has 6 aliphatic rings. The molecule has 3 fully saturated rings. The molecule has 4 N–H and O–H groups in total. The summed E-state index contributed by atoms with van der Waals surface area (Å²) in [6.07, 6.45) is 11.0. The van der Waals surface area contributed by atoms with Gasteiger partial charge < -0.3 is 20.4 Å². The molecular weight excluding hydrogens is 656 g/mol. The van der Waals surface area contributed by atoms with E-state index in [9.17, 15) is 34.8 Å². The predicted octanol–water partition coefficient (Wildman–Crippen LogP) is 6.52. The van der Waals surface area contributed by atoms with Crippen LogP contribution in [0, 0.1) is 57.2 Å². The van der Waals surface area contributed by atoms with E-state index in [1.807, 2.05) is 63.3 Å². The minimum atomic E-state index is -1.68.